The number of nitrogens with zero attached hydrogens (tertiary/aromatic N) is 1. The zero-order valence-corrected chi connectivity index (χ0v) is 10.5. The SMILES string of the molecule is CC1(C)CC(=NO)c2cc(Br)ccc2C1. The summed E-state index contributed by atoms with van der Waals surface area (Å²) in [6.45, 7) is 4.40. The summed E-state index contributed by atoms with van der Waals surface area (Å²) >= 11 is 3.44. The van der Waals surface area contributed by atoms with Crippen LogP contribution in [-0.4, -0.2) is 10.9 Å². The van der Waals surface area contributed by atoms with E-state index in [1.54, 1.807) is 0 Å². The van der Waals surface area contributed by atoms with E-state index in [1.165, 1.54) is 5.56 Å². The Balaban J connectivity index is 2.55. The second-order valence-corrected chi connectivity index (χ2v) is 5.78. The molecule has 0 saturated heterocycles. The van der Waals surface area contributed by atoms with Gasteiger partial charge >= 0.3 is 0 Å². The second kappa shape index (κ2) is 3.63. The van der Waals surface area contributed by atoms with Crippen molar-refractivity contribution in [2.24, 2.45) is 10.6 Å². The molecular weight excluding hydrogens is 254 g/mol. The van der Waals surface area contributed by atoms with Crippen LogP contribution in [0.25, 0.3) is 0 Å². The van der Waals surface area contributed by atoms with Crippen LogP contribution in [0.5, 0.6) is 0 Å². The fourth-order valence-corrected chi connectivity index (χ4v) is 2.55. The van der Waals surface area contributed by atoms with Gasteiger partial charge in [-0.05, 0) is 36.0 Å². The Labute approximate surface area is 98.1 Å². The third-order valence-electron chi connectivity index (χ3n) is 2.82. The average Bonchev–Trinajstić information content (AvgIpc) is 2.16. The first kappa shape index (κ1) is 10.7. The number of benzene rings is 1. The van der Waals surface area contributed by atoms with Crippen LogP contribution in [0.4, 0.5) is 0 Å². The van der Waals surface area contributed by atoms with Crippen LogP contribution in [0, 0.1) is 5.41 Å². The van der Waals surface area contributed by atoms with Crippen LogP contribution in [0.15, 0.2) is 27.8 Å². The Hall–Kier alpha value is -0.830. The van der Waals surface area contributed by atoms with Crippen LogP contribution >= 0.6 is 15.9 Å². The summed E-state index contributed by atoms with van der Waals surface area (Å²) < 4.78 is 1.03. The molecule has 0 heterocycles. The number of hydrogen-bond donors (Lipinski definition) is 1. The quantitative estimate of drug-likeness (QED) is 0.566. The van der Waals surface area contributed by atoms with Gasteiger partial charge in [0.25, 0.3) is 0 Å². The van der Waals surface area contributed by atoms with E-state index < -0.39 is 0 Å². The summed E-state index contributed by atoms with van der Waals surface area (Å²) in [5.41, 5.74) is 3.32. The average molecular weight is 268 g/mol. The molecule has 0 radical (unpaired) electrons. The smallest absolute Gasteiger partial charge is 0.0876 e. The molecule has 0 spiro atoms. The zero-order valence-electron chi connectivity index (χ0n) is 8.92. The topological polar surface area (TPSA) is 32.6 Å². The van der Waals surface area contributed by atoms with Crippen LogP contribution in [0.1, 0.15) is 31.4 Å². The van der Waals surface area contributed by atoms with Gasteiger partial charge in [-0.1, -0.05) is 41.0 Å². The van der Waals surface area contributed by atoms with Crippen molar-refractivity contribution in [3.05, 3.63) is 33.8 Å². The molecule has 1 aromatic rings. The predicted molar refractivity (Wildman–Crippen MR) is 64.6 cm³/mol. The Bertz CT molecular complexity index is 424. The highest BCUT2D eigenvalue weighted by molar-refractivity contribution is 9.10. The maximum atomic E-state index is 9.03. The number of hydrogen-bond acceptors (Lipinski definition) is 2. The van der Waals surface area contributed by atoms with Crippen molar-refractivity contribution < 1.29 is 5.21 Å². The molecule has 0 fully saturated rings. The summed E-state index contributed by atoms with van der Waals surface area (Å²) in [6, 6.07) is 6.17. The van der Waals surface area contributed by atoms with Gasteiger partial charge in [0, 0.05) is 10.0 Å². The maximum Gasteiger partial charge on any atom is 0.0876 e. The first-order valence-corrected chi connectivity index (χ1v) is 5.81. The molecule has 0 atom stereocenters. The van der Waals surface area contributed by atoms with E-state index in [9.17, 15) is 0 Å². The molecule has 1 aliphatic rings. The van der Waals surface area contributed by atoms with Crippen molar-refractivity contribution in [2.75, 3.05) is 0 Å². The lowest BCUT2D eigenvalue weighted by molar-refractivity contribution is 0.306. The fraction of sp³-hybridized carbons (Fsp3) is 0.417. The van der Waals surface area contributed by atoms with Crippen molar-refractivity contribution in [1.29, 1.82) is 0 Å². The molecule has 0 aliphatic heterocycles. The number of fused-ring (bicyclic) bond motifs is 1. The van der Waals surface area contributed by atoms with Gasteiger partial charge in [-0.3, -0.25) is 0 Å². The summed E-state index contributed by atoms with van der Waals surface area (Å²) in [7, 11) is 0. The number of halogens is 1. The van der Waals surface area contributed by atoms with Gasteiger partial charge in [-0.15, -0.1) is 0 Å². The summed E-state index contributed by atoms with van der Waals surface area (Å²) in [6.07, 6.45) is 1.86. The molecule has 15 heavy (non-hydrogen) atoms. The molecule has 0 saturated carbocycles. The molecule has 2 nitrogen and oxygen atoms in total. The molecule has 2 rings (SSSR count). The Morgan fingerprint density at radius 1 is 1.33 bits per heavy atom. The molecule has 3 heteroatoms. The van der Waals surface area contributed by atoms with Gasteiger partial charge < -0.3 is 5.21 Å². The summed E-state index contributed by atoms with van der Waals surface area (Å²) in [4.78, 5) is 0. The van der Waals surface area contributed by atoms with E-state index in [0.29, 0.717) is 0 Å². The third kappa shape index (κ3) is 2.07. The monoisotopic (exact) mass is 267 g/mol. The lowest BCUT2D eigenvalue weighted by atomic mass is 9.73. The van der Waals surface area contributed by atoms with Gasteiger partial charge in [0.05, 0.1) is 5.71 Å². The van der Waals surface area contributed by atoms with Crippen molar-refractivity contribution >= 4 is 21.6 Å². The van der Waals surface area contributed by atoms with Crippen LogP contribution in [0.3, 0.4) is 0 Å². The summed E-state index contributed by atoms with van der Waals surface area (Å²) in [5.74, 6) is 0. The second-order valence-electron chi connectivity index (χ2n) is 4.87. The molecule has 0 unspecified atom stereocenters. The first-order chi connectivity index (χ1) is 7.02. The van der Waals surface area contributed by atoms with Crippen LogP contribution in [-0.2, 0) is 6.42 Å². The van der Waals surface area contributed by atoms with E-state index in [2.05, 4.69) is 41.0 Å². The van der Waals surface area contributed by atoms with E-state index in [0.717, 1.165) is 28.6 Å². The standard InChI is InChI=1S/C12H14BrNO/c1-12(2)6-8-3-4-9(13)5-10(8)11(7-12)14-15/h3-5,15H,6-7H2,1-2H3. The highest BCUT2D eigenvalue weighted by atomic mass is 79.9. The van der Waals surface area contributed by atoms with Gasteiger partial charge in [0.2, 0.25) is 0 Å². The lowest BCUT2D eigenvalue weighted by Gasteiger charge is -2.31. The van der Waals surface area contributed by atoms with E-state index in [1.807, 2.05) is 12.1 Å². The summed E-state index contributed by atoms with van der Waals surface area (Å²) in [5, 5.41) is 12.5. The lowest BCUT2D eigenvalue weighted by Crippen LogP contribution is -2.27. The van der Waals surface area contributed by atoms with E-state index in [4.69, 9.17) is 5.21 Å². The molecule has 1 aromatic carbocycles. The zero-order chi connectivity index (χ0) is 11.1. The highest BCUT2D eigenvalue weighted by Gasteiger charge is 2.29. The third-order valence-corrected chi connectivity index (χ3v) is 3.31. The first-order valence-electron chi connectivity index (χ1n) is 5.01. The molecule has 0 bridgehead atoms. The van der Waals surface area contributed by atoms with Gasteiger partial charge in [0.1, 0.15) is 0 Å². The molecule has 0 amide bonds. The number of rotatable bonds is 0. The Morgan fingerprint density at radius 3 is 2.73 bits per heavy atom. The minimum Gasteiger partial charge on any atom is -0.411 e. The predicted octanol–water partition coefficient (Wildman–Crippen LogP) is 3.60. The molecule has 1 aliphatic carbocycles. The van der Waals surface area contributed by atoms with E-state index >= 15 is 0 Å². The molecule has 80 valence electrons. The van der Waals surface area contributed by atoms with Crippen molar-refractivity contribution in [3.8, 4) is 0 Å². The highest BCUT2D eigenvalue weighted by Crippen LogP contribution is 2.35. The minimum atomic E-state index is 0.183. The Morgan fingerprint density at radius 2 is 2.07 bits per heavy atom. The van der Waals surface area contributed by atoms with Crippen LogP contribution in [0.2, 0.25) is 0 Å². The van der Waals surface area contributed by atoms with Gasteiger partial charge in [-0.25, -0.2) is 0 Å². The number of oxime groups is 1. The van der Waals surface area contributed by atoms with Gasteiger partial charge in [-0.2, -0.15) is 0 Å². The van der Waals surface area contributed by atoms with Crippen LogP contribution < -0.4 is 0 Å². The molecular formula is C12H14BrNO. The normalized spacial score (nSPS) is 21.4. The van der Waals surface area contributed by atoms with Crippen molar-refractivity contribution in [2.45, 2.75) is 26.7 Å². The molecule has 0 aromatic heterocycles. The largest absolute Gasteiger partial charge is 0.411 e. The minimum absolute atomic E-state index is 0.183. The van der Waals surface area contributed by atoms with Crippen molar-refractivity contribution in [3.63, 3.8) is 0 Å². The van der Waals surface area contributed by atoms with Crippen molar-refractivity contribution in [1.82, 2.24) is 0 Å². The molecule has 1 N–H and O–H groups in total. The fourth-order valence-electron chi connectivity index (χ4n) is 2.19. The van der Waals surface area contributed by atoms with Gasteiger partial charge in [0.15, 0.2) is 0 Å². The maximum absolute atomic E-state index is 9.03. The van der Waals surface area contributed by atoms with E-state index in [-0.39, 0.29) is 5.41 Å². The Kier molecular flexibility index (Phi) is 2.59.